The maximum Gasteiger partial charge on any atom is 0.338 e. The molecule has 0 aliphatic rings. The fraction of sp³-hybridized carbons (Fsp3) is 0.429. The molecule has 0 saturated carbocycles. The van der Waals surface area contributed by atoms with E-state index in [0.717, 1.165) is 6.42 Å². The lowest BCUT2D eigenvalue weighted by Crippen LogP contribution is -2.30. The van der Waals surface area contributed by atoms with Crippen LogP contribution in [0.25, 0.3) is 0 Å². The van der Waals surface area contributed by atoms with Crippen molar-refractivity contribution in [3.63, 3.8) is 0 Å². The van der Waals surface area contributed by atoms with Crippen LogP contribution in [0.2, 0.25) is 0 Å². The molecule has 1 aromatic carbocycles. The molecule has 1 amide bonds. The van der Waals surface area contributed by atoms with Crippen LogP contribution in [0.3, 0.4) is 0 Å². The molecule has 1 rings (SSSR count). The predicted octanol–water partition coefficient (Wildman–Crippen LogP) is 0.968. The van der Waals surface area contributed by atoms with Crippen LogP contribution >= 0.6 is 0 Å². The molecule has 0 atom stereocenters. The molecule has 0 fully saturated rings. The number of hydrogen-bond acceptors (Lipinski definition) is 5. The summed E-state index contributed by atoms with van der Waals surface area (Å²) in [6, 6.07) is 6.41. The second-order valence-electron chi connectivity index (χ2n) is 4.10. The number of nitrogens with one attached hydrogen (secondary N) is 1. The smallest absolute Gasteiger partial charge is 0.338 e. The van der Waals surface area contributed by atoms with E-state index in [2.05, 4.69) is 5.32 Å². The van der Waals surface area contributed by atoms with Gasteiger partial charge in [0.25, 0.3) is 5.91 Å². The van der Waals surface area contributed by atoms with Crippen LogP contribution < -0.4 is 11.1 Å². The third-order valence-electron chi connectivity index (χ3n) is 2.45. The molecule has 0 spiro atoms. The van der Waals surface area contributed by atoms with E-state index in [0.29, 0.717) is 31.0 Å². The van der Waals surface area contributed by atoms with Crippen molar-refractivity contribution in [3.05, 3.63) is 29.8 Å². The summed E-state index contributed by atoms with van der Waals surface area (Å²) in [5.41, 5.74) is 6.36. The molecule has 3 N–H and O–H groups in total. The lowest BCUT2D eigenvalue weighted by molar-refractivity contribution is -0.124. The van der Waals surface area contributed by atoms with Gasteiger partial charge in [-0.15, -0.1) is 0 Å². The highest BCUT2D eigenvalue weighted by Gasteiger charge is 2.09. The van der Waals surface area contributed by atoms with Crippen molar-refractivity contribution in [2.24, 2.45) is 0 Å². The summed E-state index contributed by atoms with van der Waals surface area (Å²) in [6.45, 7) is 3.36. The highest BCUT2D eigenvalue weighted by molar-refractivity contribution is 5.92. The van der Waals surface area contributed by atoms with Gasteiger partial charge in [0, 0.05) is 25.4 Å². The SMILES string of the molecule is CCOCCCNC(=O)COC(=O)c1cccc(N)c1. The minimum absolute atomic E-state index is 0.303. The Hall–Kier alpha value is -2.08. The summed E-state index contributed by atoms with van der Waals surface area (Å²) >= 11 is 0. The van der Waals surface area contributed by atoms with Crippen molar-refractivity contribution in [3.8, 4) is 0 Å². The Labute approximate surface area is 118 Å². The summed E-state index contributed by atoms with van der Waals surface area (Å²) in [5.74, 6) is -0.902. The van der Waals surface area contributed by atoms with Gasteiger partial charge >= 0.3 is 5.97 Å². The summed E-state index contributed by atoms with van der Waals surface area (Å²) < 4.78 is 10.0. The molecular weight excluding hydrogens is 260 g/mol. The van der Waals surface area contributed by atoms with Crippen molar-refractivity contribution < 1.29 is 19.1 Å². The number of anilines is 1. The van der Waals surface area contributed by atoms with Gasteiger partial charge < -0.3 is 20.5 Å². The molecule has 6 nitrogen and oxygen atoms in total. The zero-order chi connectivity index (χ0) is 14.8. The summed E-state index contributed by atoms with van der Waals surface area (Å²) in [5, 5.41) is 2.64. The van der Waals surface area contributed by atoms with Gasteiger partial charge in [0.05, 0.1) is 5.56 Å². The lowest BCUT2D eigenvalue weighted by atomic mass is 10.2. The number of hydrogen-bond donors (Lipinski definition) is 2. The number of esters is 1. The first-order valence-corrected chi connectivity index (χ1v) is 6.50. The van der Waals surface area contributed by atoms with Gasteiger partial charge in [-0.25, -0.2) is 4.79 Å². The minimum Gasteiger partial charge on any atom is -0.452 e. The Kier molecular flexibility index (Phi) is 7.13. The first-order chi connectivity index (χ1) is 9.63. The zero-order valence-electron chi connectivity index (χ0n) is 11.6. The second-order valence-corrected chi connectivity index (χ2v) is 4.10. The van der Waals surface area contributed by atoms with Gasteiger partial charge in [-0.05, 0) is 31.5 Å². The van der Waals surface area contributed by atoms with Crippen LogP contribution in [0.4, 0.5) is 5.69 Å². The van der Waals surface area contributed by atoms with Gasteiger partial charge in [0.1, 0.15) is 0 Å². The first-order valence-electron chi connectivity index (χ1n) is 6.50. The molecule has 0 aliphatic carbocycles. The average Bonchev–Trinajstić information content (AvgIpc) is 2.44. The Balaban J connectivity index is 2.22. The number of benzene rings is 1. The largest absolute Gasteiger partial charge is 0.452 e. The van der Waals surface area contributed by atoms with Crippen molar-refractivity contribution in [1.29, 1.82) is 0 Å². The third kappa shape index (κ3) is 6.19. The second kappa shape index (κ2) is 8.92. The number of carbonyl (C=O) groups excluding carboxylic acids is 2. The molecule has 0 aromatic heterocycles. The van der Waals surface area contributed by atoms with Crippen molar-refractivity contribution in [1.82, 2.24) is 5.32 Å². The number of amides is 1. The number of ether oxygens (including phenoxy) is 2. The molecule has 0 saturated heterocycles. The highest BCUT2D eigenvalue weighted by Crippen LogP contribution is 2.07. The summed E-state index contributed by atoms with van der Waals surface area (Å²) in [4.78, 5) is 23.1. The Bertz CT molecular complexity index is 449. The van der Waals surface area contributed by atoms with E-state index in [4.69, 9.17) is 15.2 Å². The zero-order valence-corrected chi connectivity index (χ0v) is 11.6. The maximum atomic E-state index is 11.6. The van der Waals surface area contributed by atoms with E-state index in [-0.39, 0.29) is 12.5 Å². The van der Waals surface area contributed by atoms with Gasteiger partial charge in [-0.2, -0.15) is 0 Å². The van der Waals surface area contributed by atoms with E-state index in [1.807, 2.05) is 6.92 Å². The summed E-state index contributed by atoms with van der Waals surface area (Å²) in [7, 11) is 0. The standard InChI is InChI=1S/C14H20N2O4/c1-2-19-8-4-7-16-13(17)10-20-14(18)11-5-3-6-12(15)9-11/h3,5-6,9H,2,4,7-8,10,15H2,1H3,(H,16,17). The van der Waals surface area contributed by atoms with Crippen molar-refractivity contribution in [2.75, 3.05) is 32.1 Å². The Morgan fingerprint density at radius 2 is 2.15 bits per heavy atom. The van der Waals surface area contributed by atoms with Crippen molar-refractivity contribution >= 4 is 17.6 Å². The third-order valence-corrected chi connectivity index (χ3v) is 2.45. The predicted molar refractivity (Wildman–Crippen MR) is 75.3 cm³/mol. The molecule has 0 unspecified atom stereocenters. The number of rotatable bonds is 8. The van der Waals surface area contributed by atoms with Gasteiger partial charge in [0.15, 0.2) is 6.61 Å². The monoisotopic (exact) mass is 280 g/mol. The number of nitrogen functional groups attached to an aromatic ring is 1. The van der Waals surface area contributed by atoms with Crippen LogP contribution in [-0.2, 0) is 14.3 Å². The van der Waals surface area contributed by atoms with Crippen LogP contribution in [0.5, 0.6) is 0 Å². The summed E-state index contributed by atoms with van der Waals surface area (Å²) in [6.07, 6.45) is 0.725. The van der Waals surface area contributed by atoms with Gasteiger partial charge in [-0.1, -0.05) is 6.07 Å². The van der Waals surface area contributed by atoms with Crippen LogP contribution in [0.15, 0.2) is 24.3 Å². The lowest BCUT2D eigenvalue weighted by Gasteiger charge is -2.07. The maximum absolute atomic E-state index is 11.6. The van der Waals surface area contributed by atoms with E-state index in [1.54, 1.807) is 18.2 Å². The van der Waals surface area contributed by atoms with Gasteiger partial charge in [-0.3, -0.25) is 4.79 Å². The van der Waals surface area contributed by atoms with Crippen LogP contribution in [0.1, 0.15) is 23.7 Å². The van der Waals surface area contributed by atoms with Gasteiger partial charge in [0.2, 0.25) is 0 Å². The quantitative estimate of drug-likeness (QED) is 0.420. The Morgan fingerprint density at radius 1 is 1.35 bits per heavy atom. The molecule has 0 radical (unpaired) electrons. The van der Waals surface area contributed by atoms with E-state index >= 15 is 0 Å². The van der Waals surface area contributed by atoms with E-state index in [9.17, 15) is 9.59 Å². The normalized spacial score (nSPS) is 10.1. The molecule has 1 aromatic rings. The molecule has 20 heavy (non-hydrogen) atoms. The molecule has 0 aliphatic heterocycles. The average molecular weight is 280 g/mol. The number of nitrogens with two attached hydrogens (primary N) is 1. The van der Waals surface area contributed by atoms with Crippen LogP contribution in [0, 0.1) is 0 Å². The molecule has 0 bridgehead atoms. The van der Waals surface area contributed by atoms with E-state index in [1.165, 1.54) is 6.07 Å². The topological polar surface area (TPSA) is 90.6 Å². The fourth-order valence-electron chi connectivity index (χ4n) is 1.48. The highest BCUT2D eigenvalue weighted by atomic mass is 16.5. The molecule has 6 heteroatoms. The van der Waals surface area contributed by atoms with Crippen LogP contribution in [-0.4, -0.2) is 38.2 Å². The Morgan fingerprint density at radius 3 is 2.85 bits per heavy atom. The van der Waals surface area contributed by atoms with Crippen molar-refractivity contribution in [2.45, 2.75) is 13.3 Å². The minimum atomic E-state index is -0.568. The molecule has 110 valence electrons. The molecular formula is C14H20N2O4. The van der Waals surface area contributed by atoms with E-state index < -0.39 is 5.97 Å². The first kappa shape index (κ1) is 16.0. The number of carbonyl (C=O) groups is 2. The molecule has 0 heterocycles. The fourth-order valence-corrected chi connectivity index (χ4v) is 1.48.